The molecule has 2 rings (SSSR count). The van der Waals surface area contributed by atoms with E-state index in [1.165, 1.54) is 0 Å². The van der Waals surface area contributed by atoms with Crippen LogP contribution in [0.4, 0.5) is 5.69 Å². The highest BCUT2D eigenvalue weighted by atomic mass is 35.5. The van der Waals surface area contributed by atoms with Gasteiger partial charge in [0.25, 0.3) is 0 Å². The Kier molecular flexibility index (Phi) is 5.18. The number of hydrogen-bond donors (Lipinski definition) is 0. The number of alkyl halides is 1. The van der Waals surface area contributed by atoms with Gasteiger partial charge in [-0.25, -0.2) is 9.97 Å². The highest BCUT2D eigenvalue weighted by Gasteiger charge is 2.34. The van der Waals surface area contributed by atoms with Crippen LogP contribution < -0.4 is 4.90 Å². The van der Waals surface area contributed by atoms with E-state index in [9.17, 15) is 0 Å². The third-order valence-electron chi connectivity index (χ3n) is 3.67. The average molecular weight is 300 g/mol. The second kappa shape index (κ2) is 6.70. The molecule has 0 radical (unpaired) electrons. The fourth-order valence-electron chi connectivity index (χ4n) is 2.46. The fraction of sp³-hybridized carbons (Fsp3) is 0.714. The van der Waals surface area contributed by atoms with E-state index in [0.717, 1.165) is 30.3 Å². The molecule has 1 fully saturated rings. The van der Waals surface area contributed by atoms with Gasteiger partial charge in [0.1, 0.15) is 18.0 Å². The lowest BCUT2D eigenvalue weighted by molar-refractivity contribution is -0.00461. The summed E-state index contributed by atoms with van der Waals surface area (Å²) in [6.07, 6.45) is 1.99. The third kappa shape index (κ3) is 3.05. The van der Waals surface area contributed by atoms with Crippen molar-refractivity contribution in [3.8, 4) is 0 Å². The van der Waals surface area contributed by atoms with E-state index in [-0.39, 0.29) is 12.2 Å². The van der Waals surface area contributed by atoms with Crippen LogP contribution >= 0.6 is 11.6 Å². The number of aromatic nitrogens is 2. The highest BCUT2D eigenvalue weighted by molar-refractivity contribution is 6.17. The molecule has 0 aromatic carbocycles. The lowest BCUT2D eigenvalue weighted by Gasteiger charge is -2.20. The summed E-state index contributed by atoms with van der Waals surface area (Å²) >= 11 is 6.05. The summed E-state index contributed by atoms with van der Waals surface area (Å²) in [6.45, 7) is 5.68. The molecule has 2 atom stereocenters. The molecule has 0 N–H and O–H groups in total. The molecule has 1 aromatic rings. The van der Waals surface area contributed by atoms with Crippen molar-refractivity contribution in [2.45, 2.75) is 37.9 Å². The van der Waals surface area contributed by atoms with Gasteiger partial charge >= 0.3 is 0 Å². The Morgan fingerprint density at radius 1 is 1.30 bits per heavy atom. The van der Waals surface area contributed by atoms with Crippen molar-refractivity contribution in [2.75, 3.05) is 32.2 Å². The number of hydrogen-bond acceptors (Lipinski definition) is 5. The minimum Gasteiger partial charge on any atom is -0.377 e. The Morgan fingerprint density at radius 2 is 1.90 bits per heavy atom. The molecule has 1 aromatic heterocycles. The van der Waals surface area contributed by atoms with Gasteiger partial charge in [0.15, 0.2) is 0 Å². The minimum atomic E-state index is 0.0629. The van der Waals surface area contributed by atoms with Crippen molar-refractivity contribution < 1.29 is 9.47 Å². The number of anilines is 1. The van der Waals surface area contributed by atoms with Crippen molar-refractivity contribution >= 4 is 17.3 Å². The molecule has 0 bridgehead atoms. The molecular weight excluding hydrogens is 278 g/mol. The number of halogens is 1. The maximum atomic E-state index is 6.05. The van der Waals surface area contributed by atoms with Crippen LogP contribution in [0.25, 0.3) is 0 Å². The second-order valence-corrected chi connectivity index (χ2v) is 5.57. The first kappa shape index (κ1) is 15.5. The molecule has 2 heterocycles. The highest BCUT2D eigenvalue weighted by Crippen LogP contribution is 2.27. The first-order valence-corrected chi connectivity index (χ1v) is 7.36. The van der Waals surface area contributed by atoms with Gasteiger partial charge in [0, 0.05) is 33.2 Å². The van der Waals surface area contributed by atoms with Gasteiger partial charge < -0.3 is 14.4 Å². The Bertz CT molecular complexity index is 444. The van der Waals surface area contributed by atoms with Crippen LogP contribution in [0.5, 0.6) is 0 Å². The van der Waals surface area contributed by atoms with Crippen molar-refractivity contribution in [3.63, 3.8) is 0 Å². The summed E-state index contributed by atoms with van der Waals surface area (Å²) in [5, 5.41) is 0. The predicted octanol–water partition coefficient (Wildman–Crippen LogP) is 2.19. The van der Waals surface area contributed by atoms with Crippen LogP contribution in [0.2, 0.25) is 0 Å². The zero-order valence-corrected chi connectivity index (χ0v) is 13.2. The molecule has 0 spiro atoms. The largest absolute Gasteiger partial charge is 0.377 e. The molecule has 0 aliphatic carbocycles. The molecule has 5 nitrogen and oxygen atoms in total. The van der Waals surface area contributed by atoms with Gasteiger partial charge in [0.05, 0.1) is 23.5 Å². The van der Waals surface area contributed by atoms with Crippen LogP contribution in [-0.2, 0) is 15.4 Å². The van der Waals surface area contributed by atoms with Gasteiger partial charge in [-0.05, 0) is 0 Å². The van der Waals surface area contributed by atoms with Gasteiger partial charge in [0.2, 0.25) is 0 Å². The van der Waals surface area contributed by atoms with E-state index in [0.29, 0.717) is 11.8 Å². The van der Waals surface area contributed by atoms with E-state index in [4.69, 9.17) is 21.1 Å². The summed E-state index contributed by atoms with van der Waals surface area (Å²) in [5.41, 5.74) is 1.85. The quantitative estimate of drug-likeness (QED) is 0.780. The maximum absolute atomic E-state index is 6.05. The van der Waals surface area contributed by atoms with E-state index >= 15 is 0 Å². The third-order valence-corrected chi connectivity index (χ3v) is 3.92. The maximum Gasteiger partial charge on any atom is 0.131 e. The standard InChI is InChI=1S/C14H22ClN3O2/c1-9(2)14-16-6-11(10(5-15)17-14)18-7-12(19-3)13(8-18)20-4/h6,9,12-13H,5,7-8H2,1-4H3. The summed E-state index contributed by atoms with van der Waals surface area (Å²) < 4.78 is 10.9. The molecule has 20 heavy (non-hydrogen) atoms. The molecule has 0 amide bonds. The van der Waals surface area contributed by atoms with Gasteiger partial charge in [-0.2, -0.15) is 0 Å². The summed E-state index contributed by atoms with van der Waals surface area (Å²) in [4.78, 5) is 11.2. The van der Waals surface area contributed by atoms with Gasteiger partial charge in [-0.3, -0.25) is 0 Å². The molecule has 1 aliphatic rings. The second-order valence-electron chi connectivity index (χ2n) is 5.30. The van der Waals surface area contributed by atoms with Crippen molar-refractivity contribution in [2.24, 2.45) is 0 Å². The molecular formula is C14H22ClN3O2. The Labute approximate surface area is 125 Å². The van der Waals surface area contributed by atoms with E-state index < -0.39 is 0 Å². The summed E-state index contributed by atoms with van der Waals surface area (Å²) in [6, 6.07) is 0. The molecule has 1 saturated heterocycles. The van der Waals surface area contributed by atoms with Crippen molar-refractivity contribution in [3.05, 3.63) is 17.7 Å². The number of nitrogens with zero attached hydrogens (tertiary/aromatic N) is 3. The molecule has 0 saturated carbocycles. The monoisotopic (exact) mass is 299 g/mol. The lowest BCUT2D eigenvalue weighted by Crippen LogP contribution is -2.27. The van der Waals surface area contributed by atoms with E-state index in [1.54, 1.807) is 14.2 Å². The molecule has 2 unspecified atom stereocenters. The fourth-order valence-corrected chi connectivity index (χ4v) is 2.66. The predicted molar refractivity (Wildman–Crippen MR) is 79.5 cm³/mol. The van der Waals surface area contributed by atoms with Crippen LogP contribution in [0, 0.1) is 0 Å². The molecule has 6 heteroatoms. The van der Waals surface area contributed by atoms with Crippen LogP contribution in [0.3, 0.4) is 0 Å². The molecule has 1 aliphatic heterocycles. The van der Waals surface area contributed by atoms with Crippen molar-refractivity contribution in [1.29, 1.82) is 0 Å². The van der Waals surface area contributed by atoms with Gasteiger partial charge in [-0.1, -0.05) is 13.8 Å². The van der Waals surface area contributed by atoms with Gasteiger partial charge in [-0.15, -0.1) is 11.6 Å². The first-order valence-electron chi connectivity index (χ1n) is 6.83. The SMILES string of the molecule is COC1CN(c2cnc(C(C)C)nc2CCl)CC1OC. The Morgan fingerprint density at radius 3 is 2.35 bits per heavy atom. The first-order chi connectivity index (χ1) is 9.60. The Hall–Kier alpha value is -0.910. The van der Waals surface area contributed by atoms with E-state index in [1.807, 2.05) is 6.20 Å². The van der Waals surface area contributed by atoms with Crippen molar-refractivity contribution in [1.82, 2.24) is 9.97 Å². The smallest absolute Gasteiger partial charge is 0.131 e. The average Bonchev–Trinajstić information content (AvgIpc) is 2.89. The zero-order valence-electron chi connectivity index (χ0n) is 12.5. The van der Waals surface area contributed by atoms with Crippen LogP contribution in [0.1, 0.15) is 31.3 Å². The van der Waals surface area contributed by atoms with Crippen LogP contribution in [-0.4, -0.2) is 49.5 Å². The topological polar surface area (TPSA) is 47.5 Å². The zero-order chi connectivity index (χ0) is 14.7. The normalized spacial score (nSPS) is 22.8. The number of ether oxygens (including phenoxy) is 2. The number of rotatable bonds is 5. The minimum absolute atomic E-state index is 0.0629. The summed E-state index contributed by atoms with van der Waals surface area (Å²) in [7, 11) is 3.42. The molecule has 112 valence electrons. The lowest BCUT2D eigenvalue weighted by atomic mass is 10.2. The Balaban J connectivity index is 2.25. The number of methoxy groups -OCH3 is 2. The van der Waals surface area contributed by atoms with E-state index in [2.05, 4.69) is 28.7 Å². The summed E-state index contributed by atoms with van der Waals surface area (Å²) in [5.74, 6) is 1.50. The van der Waals surface area contributed by atoms with Crippen LogP contribution in [0.15, 0.2) is 6.20 Å².